The monoisotopic (exact) mass is 464 g/mol. The Morgan fingerprint density at radius 2 is 1.88 bits per heavy atom. The Hall–Kier alpha value is -3.50. The van der Waals surface area contributed by atoms with Crippen molar-refractivity contribution in [2.75, 3.05) is 5.32 Å². The summed E-state index contributed by atoms with van der Waals surface area (Å²) in [6, 6.07) is 6.06. The molecular formula is C22H27F3N6O2. The minimum absolute atomic E-state index is 0.0916. The van der Waals surface area contributed by atoms with Gasteiger partial charge in [-0.1, -0.05) is 26.8 Å². The predicted molar refractivity (Wildman–Crippen MR) is 117 cm³/mol. The van der Waals surface area contributed by atoms with Crippen molar-refractivity contribution < 1.29 is 23.1 Å². The Kier molecular flexibility index (Phi) is 8.13. The maximum absolute atomic E-state index is 10.6. The van der Waals surface area contributed by atoms with Crippen LogP contribution in [-0.4, -0.2) is 42.0 Å². The van der Waals surface area contributed by atoms with Crippen LogP contribution in [0.2, 0.25) is 0 Å². The van der Waals surface area contributed by atoms with Gasteiger partial charge in [-0.15, -0.1) is 0 Å². The lowest BCUT2D eigenvalue weighted by atomic mass is 9.86. The van der Waals surface area contributed by atoms with Gasteiger partial charge in [0, 0.05) is 37.4 Å². The van der Waals surface area contributed by atoms with E-state index in [0.717, 1.165) is 28.9 Å². The third kappa shape index (κ3) is 8.17. The number of anilines is 1. The van der Waals surface area contributed by atoms with E-state index >= 15 is 0 Å². The summed E-state index contributed by atoms with van der Waals surface area (Å²) in [6.07, 6.45) is 3.32. The third-order valence-electron chi connectivity index (χ3n) is 4.39. The Morgan fingerprint density at radius 3 is 2.36 bits per heavy atom. The van der Waals surface area contributed by atoms with E-state index in [1.165, 1.54) is 0 Å². The van der Waals surface area contributed by atoms with Crippen LogP contribution >= 0.6 is 0 Å². The smallest absolute Gasteiger partial charge is 0.475 e. The van der Waals surface area contributed by atoms with Crippen LogP contribution in [0.15, 0.2) is 43.0 Å². The SMILES string of the molecule is Cc1nn(C)cc1-c1ccnc(NC(CC(C)(C)C)c2cccnc2)n1.O=C(O)C(F)(F)F. The summed E-state index contributed by atoms with van der Waals surface area (Å²) in [5, 5.41) is 15.0. The summed E-state index contributed by atoms with van der Waals surface area (Å²) in [5.41, 5.74) is 4.13. The van der Waals surface area contributed by atoms with E-state index in [0.29, 0.717) is 5.95 Å². The molecule has 3 aromatic heterocycles. The zero-order chi connectivity index (χ0) is 24.8. The van der Waals surface area contributed by atoms with E-state index in [1.807, 2.05) is 38.5 Å². The highest BCUT2D eigenvalue weighted by Crippen LogP contribution is 2.31. The fourth-order valence-corrected chi connectivity index (χ4v) is 3.03. The number of alkyl halides is 3. The van der Waals surface area contributed by atoms with Crippen molar-refractivity contribution in [2.45, 2.75) is 46.3 Å². The number of nitrogens with one attached hydrogen (secondary N) is 1. The van der Waals surface area contributed by atoms with Crippen LogP contribution in [0.4, 0.5) is 19.1 Å². The van der Waals surface area contributed by atoms with E-state index in [4.69, 9.17) is 14.9 Å². The van der Waals surface area contributed by atoms with Crippen LogP contribution < -0.4 is 5.32 Å². The van der Waals surface area contributed by atoms with Crippen molar-refractivity contribution in [3.05, 3.63) is 54.2 Å². The minimum atomic E-state index is -5.08. The standard InChI is InChI=1S/C20H26N6.C2HF3O2/c1-14-16(13-26(5)25-14)17-8-10-22-19(23-17)24-18(11-20(2,3)4)15-7-6-9-21-12-15;3-2(4,5)1(6)7/h6-10,12-13,18H,11H2,1-5H3,(H,22,23,24);(H,6,7). The van der Waals surface area contributed by atoms with Crippen LogP contribution in [0.5, 0.6) is 0 Å². The highest BCUT2D eigenvalue weighted by atomic mass is 19.4. The first-order valence-electron chi connectivity index (χ1n) is 10.1. The number of carboxylic acid groups (broad SMARTS) is 1. The van der Waals surface area contributed by atoms with Gasteiger partial charge in [0.05, 0.1) is 17.4 Å². The molecule has 11 heteroatoms. The van der Waals surface area contributed by atoms with E-state index in [2.05, 4.69) is 47.2 Å². The second-order valence-corrected chi connectivity index (χ2v) is 8.62. The van der Waals surface area contributed by atoms with Crippen LogP contribution in [-0.2, 0) is 11.8 Å². The lowest BCUT2D eigenvalue weighted by Crippen LogP contribution is -2.21. The van der Waals surface area contributed by atoms with E-state index in [-0.39, 0.29) is 11.5 Å². The number of carboxylic acids is 1. The number of carbonyl (C=O) groups is 1. The van der Waals surface area contributed by atoms with Crippen molar-refractivity contribution in [2.24, 2.45) is 12.5 Å². The van der Waals surface area contributed by atoms with Gasteiger partial charge in [-0.3, -0.25) is 9.67 Å². The van der Waals surface area contributed by atoms with Crippen LogP contribution in [0.1, 0.15) is 44.5 Å². The first kappa shape index (κ1) is 25.8. The quantitative estimate of drug-likeness (QED) is 0.558. The van der Waals surface area contributed by atoms with Gasteiger partial charge < -0.3 is 10.4 Å². The molecule has 8 nitrogen and oxygen atoms in total. The summed E-state index contributed by atoms with van der Waals surface area (Å²) in [4.78, 5) is 22.3. The molecule has 0 radical (unpaired) electrons. The highest BCUT2D eigenvalue weighted by molar-refractivity contribution is 5.73. The number of halogens is 3. The first-order valence-corrected chi connectivity index (χ1v) is 10.1. The fourth-order valence-electron chi connectivity index (χ4n) is 3.03. The first-order chi connectivity index (χ1) is 15.3. The molecule has 0 aliphatic heterocycles. The molecule has 0 saturated carbocycles. The second kappa shape index (κ2) is 10.4. The van der Waals surface area contributed by atoms with Gasteiger partial charge >= 0.3 is 12.1 Å². The van der Waals surface area contributed by atoms with Gasteiger partial charge in [-0.2, -0.15) is 18.3 Å². The van der Waals surface area contributed by atoms with E-state index < -0.39 is 12.1 Å². The summed E-state index contributed by atoms with van der Waals surface area (Å²) in [7, 11) is 1.92. The van der Waals surface area contributed by atoms with Crippen LogP contribution in [0.25, 0.3) is 11.3 Å². The molecule has 0 aliphatic rings. The fraction of sp³-hybridized carbons (Fsp3) is 0.409. The number of aryl methyl sites for hydroxylation is 2. The molecule has 0 fully saturated rings. The van der Waals surface area contributed by atoms with Gasteiger partial charge in [-0.25, -0.2) is 14.8 Å². The zero-order valence-corrected chi connectivity index (χ0v) is 19.1. The molecule has 0 aliphatic carbocycles. The molecular weight excluding hydrogens is 437 g/mol. The Labute approximate surface area is 189 Å². The number of nitrogens with zero attached hydrogens (tertiary/aromatic N) is 5. The lowest BCUT2D eigenvalue weighted by molar-refractivity contribution is -0.192. The largest absolute Gasteiger partial charge is 0.490 e. The number of hydrogen-bond donors (Lipinski definition) is 2. The van der Waals surface area contributed by atoms with Crippen molar-refractivity contribution in [1.29, 1.82) is 0 Å². The summed E-state index contributed by atoms with van der Waals surface area (Å²) in [5.74, 6) is -2.14. The molecule has 0 bridgehead atoms. The van der Waals surface area contributed by atoms with Gasteiger partial charge in [0.15, 0.2) is 0 Å². The molecule has 2 N–H and O–H groups in total. The zero-order valence-electron chi connectivity index (χ0n) is 19.1. The van der Waals surface area contributed by atoms with Gasteiger partial charge in [-0.05, 0) is 36.5 Å². The topological polar surface area (TPSA) is 106 Å². The number of rotatable bonds is 5. The number of pyridine rings is 1. The van der Waals surface area contributed by atoms with Crippen molar-refractivity contribution >= 4 is 11.9 Å². The number of hydrogen-bond acceptors (Lipinski definition) is 6. The molecule has 3 heterocycles. The average Bonchev–Trinajstić information content (AvgIpc) is 3.05. The summed E-state index contributed by atoms with van der Waals surface area (Å²) < 4.78 is 33.5. The van der Waals surface area contributed by atoms with Crippen molar-refractivity contribution in [1.82, 2.24) is 24.7 Å². The molecule has 1 atom stereocenters. The van der Waals surface area contributed by atoms with Gasteiger partial charge in [0.1, 0.15) is 0 Å². The Morgan fingerprint density at radius 1 is 1.21 bits per heavy atom. The molecule has 0 amide bonds. The number of aliphatic carboxylic acids is 1. The summed E-state index contributed by atoms with van der Waals surface area (Å²) >= 11 is 0. The third-order valence-corrected chi connectivity index (χ3v) is 4.39. The van der Waals surface area contributed by atoms with Crippen LogP contribution in [0.3, 0.4) is 0 Å². The molecule has 0 aromatic carbocycles. The maximum Gasteiger partial charge on any atom is 0.490 e. The minimum Gasteiger partial charge on any atom is -0.475 e. The molecule has 3 rings (SSSR count). The molecule has 0 saturated heterocycles. The normalized spacial score (nSPS) is 12.5. The van der Waals surface area contributed by atoms with Gasteiger partial charge in [0.2, 0.25) is 5.95 Å². The van der Waals surface area contributed by atoms with Gasteiger partial charge in [0.25, 0.3) is 0 Å². The highest BCUT2D eigenvalue weighted by Gasteiger charge is 2.38. The number of aromatic nitrogens is 5. The summed E-state index contributed by atoms with van der Waals surface area (Å²) in [6.45, 7) is 8.68. The van der Waals surface area contributed by atoms with E-state index in [9.17, 15) is 13.2 Å². The Bertz CT molecular complexity index is 1060. The Balaban J connectivity index is 0.000000479. The van der Waals surface area contributed by atoms with Crippen molar-refractivity contribution in [3.63, 3.8) is 0 Å². The average molecular weight is 464 g/mol. The van der Waals surface area contributed by atoms with Crippen molar-refractivity contribution in [3.8, 4) is 11.3 Å². The maximum atomic E-state index is 10.6. The molecule has 1 unspecified atom stereocenters. The molecule has 178 valence electrons. The van der Waals surface area contributed by atoms with Crippen LogP contribution in [0, 0.1) is 12.3 Å². The predicted octanol–water partition coefficient (Wildman–Crippen LogP) is 4.80. The van der Waals surface area contributed by atoms with E-state index in [1.54, 1.807) is 17.1 Å². The molecule has 3 aromatic rings. The second-order valence-electron chi connectivity index (χ2n) is 8.62. The molecule has 0 spiro atoms. The lowest BCUT2D eigenvalue weighted by Gasteiger charge is -2.27. The molecule has 33 heavy (non-hydrogen) atoms.